The molecule has 2 N–H and O–H groups in total. The van der Waals surface area contributed by atoms with Gasteiger partial charge in [-0.2, -0.15) is 0 Å². The second-order valence-corrected chi connectivity index (χ2v) is 9.52. The number of aryl methyl sites for hydroxylation is 1. The van der Waals surface area contributed by atoms with Crippen molar-refractivity contribution in [1.82, 2.24) is 10.2 Å². The number of nitrogens with one attached hydrogen (secondary N) is 2. The van der Waals surface area contributed by atoms with Crippen molar-refractivity contribution in [1.29, 1.82) is 0 Å². The van der Waals surface area contributed by atoms with E-state index in [4.69, 9.17) is 0 Å². The highest BCUT2D eigenvalue weighted by Gasteiger charge is 2.51. The Morgan fingerprint density at radius 2 is 2.04 bits per heavy atom. The Morgan fingerprint density at radius 3 is 2.71 bits per heavy atom. The predicted octanol–water partition coefficient (Wildman–Crippen LogP) is 4.83. The van der Waals surface area contributed by atoms with E-state index in [-0.39, 0.29) is 12.1 Å². The summed E-state index contributed by atoms with van der Waals surface area (Å²) >= 11 is 0. The molecule has 2 fully saturated rings. The Hall–Kier alpha value is -1.81. The van der Waals surface area contributed by atoms with Gasteiger partial charge in [-0.3, -0.25) is 4.90 Å². The van der Waals surface area contributed by atoms with Crippen molar-refractivity contribution in [2.24, 2.45) is 17.3 Å². The molecule has 2 atom stereocenters. The largest absolute Gasteiger partial charge is 0.335 e. The molecule has 2 amide bonds. The number of likely N-dealkylation sites (tertiary alicyclic amines) is 1. The van der Waals surface area contributed by atoms with Crippen LogP contribution in [-0.4, -0.2) is 36.6 Å². The lowest BCUT2D eigenvalue weighted by molar-refractivity contribution is -0.0113. The minimum Gasteiger partial charge on any atom is -0.335 e. The molecule has 5 rings (SSSR count). The van der Waals surface area contributed by atoms with Gasteiger partial charge in [-0.1, -0.05) is 44.6 Å². The van der Waals surface area contributed by atoms with E-state index in [1.165, 1.54) is 18.4 Å². The van der Waals surface area contributed by atoms with Gasteiger partial charge in [0.05, 0.1) is 0 Å². The lowest BCUT2D eigenvalue weighted by Gasteiger charge is -2.57. The van der Waals surface area contributed by atoms with Crippen LogP contribution in [0.15, 0.2) is 35.9 Å². The van der Waals surface area contributed by atoms with Gasteiger partial charge in [0.25, 0.3) is 0 Å². The van der Waals surface area contributed by atoms with Crippen molar-refractivity contribution in [2.75, 3.05) is 25.0 Å². The number of piperidine rings is 1. The van der Waals surface area contributed by atoms with Gasteiger partial charge >= 0.3 is 6.03 Å². The molecule has 1 heterocycles. The number of carbonyl (C=O) groups is 1. The fraction of sp³-hybridized carbons (Fsp3) is 0.625. The number of allylic oxidation sites excluding steroid dienone is 1. The minimum atomic E-state index is -0.0797. The number of urea groups is 1. The average molecular weight is 382 g/mol. The molecule has 152 valence electrons. The van der Waals surface area contributed by atoms with E-state index >= 15 is 0 Å². The molecule has 1 saturated heterocycles. The molecule has 3 aliphatic carbocycles. The Balaban J connectivity index is 1.22. The van der Waals surface area contributed by atoms with Gasteiger partial charge in [0.1, 0.15) is 0 Å². The van der Waals surface area contributed by atoms with Crippen LogP contribution in [0.4, 0.5) is 10.5 Å². The van der Waals surface area contributed by atoms with Gasteiger partial charge in [-0.15, -0.1) is 0 Å². The summed E-state index contributed by atoms with van der Waals surface area (Å²) in [5.74, 6) is 1.71. The van der Waals surface area contributed by atoms with Crippen LogP contribution in [0.2, 0.25) is 0 Å². The standard InChI is InChI=1S/C24H35N3O/c1-4-17-6-5-7-21(14-17)26-23(28)25-20-10-12-27(13-11-20)16-18-8-9-19-15-22(18)24(19,2)3/h5-8,14,19-20,22H,4,9-13,15-16H2,1-3H3,(H2,25,26,28). The Kier molecular flexibility index (Phi) is 5.50. The number of rotatable bonds is 5. The number of fused-ring (bicyclic) bond motifs is 1. The van der Waals surface area contributed by atoms with Crippen LogP contribution in [-0.2, 0) is 6.42 Å². The second-order valence-electron chi connectivity index (χ2n) is 9.52. The first-order chi connectivity index (χ1) is 13.5. The Labute approximate surface area is 169 Å². The zero-order valence-corrected chi connectivity index (χ0v) is 17.6. The van der Waals surface area contributed by atoms with Crippen molar-refractivity contribution < 1.29 is 4.79 Å². The Bertz CT molecular complexity index is 746. The lowest BCUT2D eigenvalue weighted by Crippen LogP contribution is -2.51. The molecule has 1 aromatic rings. The molecule has 2 unspecified atom stereocenters. The van der Waals surface area contributed by atoms with Crippen molar-refractivity contribution in [3.05, 3.63) is 41.5 Å². The van der Waals surface area contributed by atoms with Crippen molar-refractivity contribution >= 4 is 11.7 Å². The zero-order valence-electron chi connectivity index (χ0n) is 17.6. The normalized spacial score (nSPS) is 26.9. The lowest BCUT2D eigenvalue weighted by atomic mass is 9.49. The molecular formula is C24H35N3O. The third-order valence-electron chi connectivity index (χ3n) is 7.50. The monoisotopic (exact) mass is 381 g/mol. The summed E-state index contributed by atoms with van der Waals surface area (Å²) in [6.07, 6.45) is 8.24. The molecule has 1 saturated carbocycles. The van der Waals surface area contributed by atoms with Gasteiger partial charge in [0.15, 0.2) is 0 Å². The average Bonchev–Trinajstić information content (AvgIpc) is 2.69. The van der Waals surface area contributed by atoms with Gasteiger partial charge in [-0.05, 0) is 67.1 Å². The predicted molar refractivity (Wildman–Crippen MR) is 116 cm³/mol. The number of hydrogen-bond acceptors (Lipinski definition) is 2. The Morgan fingerprint density at radius 1 is 1.25 bits per heavy atom. The number of carbonyl (C=O) groups excluding carboxylic acids is 1. The first-order valence-corrected chi connectivity index (χ1v) is 11.0. The summed E-state index contributed by atoms with van der Waals surface area (Å²) in [5.41, 5.74) is 4.30. The molecule has 0 radical (unpaired) electrons. The van der Waals surface area contributed by atoms with Gasteiger partial charge in [0.2, 0.25) is 0 Å². The smallest absolute Gasteiger partial charge is 0.319 e. The van der Waals surface area contributed by atoms with Gasteiger partial charge in [-0.25, -0.2) is 4.79 Å². The highest BCUT2D eigenvalue weighted by Crippen LogP contribution is 2.59. The summed E-state index contributed by atoms with van der Waals surface area (Å²) < 4.78 is 0. The van der Waals surface area contributed by atoms with E-state index in [2.05, 4.69) is 48.4 Å². The number of amides is 2. The van der Waals surface area contributed by atoms with Crippen LogP contribution in [0.25, 0.3) is 0 Å². The summed E-state index contributed by atoms with van der Waals surface area (Å²) in [6, 6.07) is 8.28. The van der Waals surface area contributed by atoms with Crippen molar-refractivity contribution in [3.8, 4) is 0 Å². The maximum atomic E-state index is 12.4. The van der Waals surface area contributed by atoms with Crippen molar-refractivity contribution in [2.45, 2.75) is 58.9 Å². The zero-order chi connectivity index (χ0) is 19.7. The molecule has 0 aromatic heterocycles. The van der Waals surface area contributed by atoms with E-state index in [9.17, 15) is 4.79 Å². The molecule has 1 aliphatic heterocycles. The molecule has 2 bridgehead atoms. The fourth-order valence-electron chi connectivity index (χ4n) is 5.37. The van der Waals surface area contributed by atoms with Crippen LogP contribution in [0.5, 0.6) is 0 Å². The second kappa shape index (κ2) is 7.90. The quantitative estimate of drug-likeness (QED) is 0.718. The third-order valence-corrected chi connectivity index (χ3v) is 7.50. The van der Waals surface area contributed by atoms with Crippen molar-refractivity contribution in [3.63, 3.8) is 0 Å². The summed E-state index contributed by atoms with van der Waals surface area (Å²) in [4.78, 5) is 14.9. The van der Waals surface area contributed by atoms with Crippen LogP contribution >= 0.6 is 0 Å². The number of hydrogen-bond donors (Lipinski definition) is 2. The molecule has 28 heavy (non-hydrogen) atoms. The molecule has 0 spiro atoms. The third kappa shape index (κ3) is 3.98. The van der Waals surface area contributed by atoms with E-state index in [1.807, 2.05) is 18.2 Å². The highest BCUT2D eigenvalue weighted by atomic mass is 16.2. The van der Waals surface area contributed by atoms with Crippen LogP contribution in [0, 0.1) is 17.3 Å². The van der Waals surface area contributed by atoms with Crippen LogP contribution in [0.3, 0.4) is 0 Å². The fourth-order valence-corrected chi connectivity index (χ4v) is 5.37. The number of nitrogens with zero attached hydrogens (tertiary/aromatic N) is 1. The summed E-state index contributed by atoms with van der Waals surface area (Å²) in [5, 5.41) is 6.16. The molecular weight excluding hydrogens is 346 g/mol. The van der Waals surface area contributed by atoms with Crippen LogP contribution < -0.4 is 10.6 Å². The van der Waals surface area contributed by atoms with E-state index in [1.54, 1.807) is 5.57 Å². The van der Waals surface area contributed by atoms with Crippen LogP contribution in [0.1, 0.15) is 52.0 Å². The first-order valence-electron chi connectivity index (χ1n) is 11.0. The van der Waals surface area contributed by atoms with Gasteiger partial charge < -0.3 is 10.6 Å². The maximum Gasteiger partial charge on any atom is 0.319 e. The molecule has 1 aromatic carbocycles. The summed E-state index contributed by atoms with van der Waals surface area (Å²) in [6.45, 7) is 10.3. The SMILES string of the molecule is CCc1cccc(NC(=O)NC2CCN(CC3=CCC4CC3C4(C)C)CC2)c1. The van der Waals surface area contributed by atoms with E-state index < -0.39 is 0 Å². The first kappa shape index (κ1) is 19.5. The van der Waals surface area contributed by atoms with Gasteiger partial charge in [0, 0.05) is 31.4 Å². The minimum absolute atomic E-state index is 0.0797. The number of benzene rings is 1. The van der Waals surface area contributed by atoms with E-state index in [0.29, 0.717) is 5.41 Å². The van der Waals surface area contributed by atoms with E-state index in [0.717, 1.165) is 56.4 Å². The summed E-state index contributed by atoms with van der Waals surface area (Å²) in [7, 11) is 0. The number of anilines is 1. The molecule has 4 nitrogen and oxygen atoms in total. The molecule has 4 heteroatoms. The maximum absolute atomic E-state index is 12.4. The topological polar surface area (TPSA) is 44.4 Å². The molecule has 4 aliphatic rings. The highest BCUT2D eigenvalue weighted by molar-refractivity contribution is 5.89.